The largest absolute Gasteiger partial charge is 0.486 e. The lowest BCUT2D eigenvalue weighted by Gasteiger charge is -2.05. The van der Waals surface area contributed by atoms with Crippen LogP contribution in [0.25, 0.3) is 17.0 Å². The van der Waals surface area contributed by atoms with Crippen LogP contribution in [-0.4, -0.2) is 6.10 Å². The Morgan fingerprint density at radius 1 is 1.13 bits per heavy atom. The van der Waals surface area contributed by atoms with E-state index in [1.807, 2.05) is 37.3 Å². The monoisotopic (exact) mass is 304 g/mol. The first-order valence-corrected chi connectivity index (χ1v) is 7.67. The molecular formula is C20H16O3. The fourth-order valence-electron chi connectivity index (χ4n) is 3.02. The summed E-state index contributed by atoms with van der Waals surface area (Å²) in [5.41, 5.74) is 3.39. The molecule has 0 N–H and O–H groups in total. The third-order valence-electron chi connectivity index (χ3n) is 4.17. The summed E-state index contributed by atoms with van der Waals surface area (Å²) in [6.45, 7) is 1.92. The van der Waals surface area contributed by atoms with Gasteiger partial charge in [0.05, 0.1) is 0 Å². The van der Waals surface area contributed by atoms with Crippen LogP contribution in [0.15, 0.2) is 63.8 Å². The van der Waals surface area contributed by atoms with E-state index in [0.717, 1.165) is 27.8 Å². The van der Waals surface area contributed by atoms with Crippen molar-refractivity contribution < 1.29 is 9.15 Å². The number of aryl methyl sites for hydroxylation is 1. The molecule has 114 valence electrons. The lowest BCUT2D eigenvalue weighted by atomic mass is 10.0. The zero-order chi connectivity index (χ0) is 15.8. The number of fused-ring (bicyclic) bond motifs is 3. The van der Waals surface area contributed by atoms with Gasteiger partial charge in [-0.15, -0.1) is 0 Å². The maximum absolute atomic E-state index is 11.7. The Morgan fingerprint density at radius 2 is 1.96 bits per heavy atom. The molecule has 2 aromatic carbocycles. The minimum Gasteiger partial charge on any atom is -0.486 e. The molecule has 3 nitrogen and oxygen atoms in total. The summed E-state index contributed by atoms with van der Waals surface area (Å²) >= 11 is 0. The Morgan fingerprint density at radius 3 is 2.78 bits per heavy atom. The second-order valence-electron chi connectivity index (χ2n) is 5.80. The van der Waals surface area contributed by atoms with Gasteiger partial charge in [0, 0.05) is 23.4 Å². The highest BCUT2D eigenvalue weighted by Gasteiger charge is 2.24. The van der Waals surface area contributed by atoms with E-state index in [9.17, 15) is 4.79 Å². The summed E-state index contributed by atoms with van der Waals surface area (Å²) in [4.78, 5) is 11.7. The van der Waals surface area contributed by atoms with Crippen LogP contribution in [0.2, 0.25) is 0 Å². The van der Waals surface area contributed by atoms with E-state index < -0.39 is 0 Å². The maximum atomic E-state index is 11.7. The van der Waals surface area contributed by atoms with Gasteiger partial charge in [0.1, 0.15) is 17.4 Å². The van der Waals surface area contributed by atoms with Gasteiger partial charge < -0.3 is 9.15 Å². The molecule has 0 saturated heterocycles. The molecule has 23 heavy (non-hydrogen) atoms. The molecule has 0 aliphatic carbocycles. The minimum absolute atomic E-state index is 0.0402. The molecule has 0 saturated carbocycles. The van der Waals surface area contributed by atoms with Crippen molar-refractivity contribution in [2.45, 2.75) is 19.4 Å². The summed E-state index contributed by atoms with van der Waals surface area (Å²) in [6.07, 6.45) is 4.78. The average molecular weight is 304 g/mol. The number of benzene rings is 2. The van der Waals surface area contributed by atoms with Gasteiger partial charge in [-0.2, -0.15) is 0 Å². The van der Waals surface area contributed by atoms with Gasteiger partial charge in [0.2, 0.25) is 0 Å². The van der Waals surface area contributed by atoms with Gasteiger partial charge in [-0.1, -0.05) is 36.4 Å². The second-order valence-corrected chi connectivity index (χ2v) is 5.80. The number of hydrogen-bond donors (Lipinski definition) is 0. The number of rotatable bonds is 2. The van der Waals surface area contributed by atoms with Gasteiger partial charge in [0.15, 0.2) is 0 Å². The lowest BCUT2D eigenvalue weighted by Crippen LogP contribution is -2.08. The van der Waals surface area contributed by atoms with Crippen molar-refractivity contribution in [2.24, 2.45) is 0 Å². The molecule has 3 heteroatoms. The van der Waals surface area contributed by atoms with Crippen LogP contribution in [-0.2, 0) is 6.42 Å². The first-order valence-electron chi connectivity index (χ1n) is 7.67. The van der Waals surface area contributed by atoms with E-state index in [-0.39, 0.29) is 11.7 Å². The quantitative estimate of drug-likeness (QED) is 0.669. The van der Waals surface area contributed by atoms with Gasteiger partial charge in [-0.05, 0) is 36.3 Å². The predicted molar refractivity (Wildman–Crippen MR) is 90.8 cm³/mol. The molecule has 0 radical (unpaired) electrons. The number of ether oxygens (including phenoxy) is 1. The Labute approximate surface area is 133 Å². The van der Waals surface area contributed by atoms with Crippen LogP contribution in [0.4, 0.5) is 0 Å². The molecule has 1 aliphatic rings. The topological polar surface area (TPSA) is 39.4 Å². The molecule has 1 aliphatic heterocycles. The van der Waals surface area contributed by atoms with Crippen LogP contribution in [0, 0.1) is 6.92 Å². The molecule has 2 heterocycles. The molecule has 1 aromatic heterocycles. The summed E-state index contributed by atoms with van der Waals surface area (Å²) in [5.74, 6) is 0.800. The first-order chi connectivity index (χ1) is 11.2. The highest BCUT2D eigenvalue weighted by molar-refractivity contribution is 5.85. The van der Waals surface area contributed by atoms with Crippen LogP contribution >= 0.6 is 0 Å². The zero-order valence-electron chi connectivity index (χ0n) is 12.8. The van der Waals surface area contributed by atoms with Crippen molar-refractivity contribution in [1.82, 2.24) is 0 Å². The van der Waals surface area contributed by atoms with Crippen molar-refractivity contribution in [3.05, 3.63) is 81.7 Å². The standard InChI is InChI=1S/C20H16O3/c1-13-11-19(21)23-20-16(13)9-10-18-17(20)12-15(22-18)8-7-14-5-3-2-4-6-14/h2-11,15H,12H2,1H3. The summed E-state index contributed by atoms with van der Waals surface area (Å²) in [6, 6.07) is 15.6. The Kier molecular flexibility index (Phi) is 3.27. The molecular weight excluding hydrogens is 288 g/mol. The second kappa shape index (κ2) is 5.43. The van der Waals surface area contributed by atoms with Crippen molar-refractivity contribution in [2.75, 3.05) is 0 Å². The van der Waals surface area contributed by atoms with Crippen molar-refractivity contribution in [3.63, 3.8) is 0 Å². The Balaban J connectivity index is 1.68. The fraction of sp³-hybridized carbons (Fsp3) is 0.150. The molecule has 4 rings (SSSR count). The molecule has 0 amide bonds. The first kappa shape index (κ1) is 13.8. The SMILES string of the molecule is Cc1cc(=O)oc2c3c(ccc12)OC(C=Cc1ccccc1)C3. The summed E-state index contributed by atoms with van der Waals surface area (Å²) in [5, 5.41) is 0.972. The third kappa shape index (κ3) is 2.55. The summed E-state index contributed by atoms with van der Waals surface area (Å²) in [7, 11) is 0. The van der Waals surface area contributed by atoms with Gasteiger partial charge >= 0.3 is 5.63 Å². The lowest BCUT2D eigenvalue weighted by molar-refractivity contribution is 0.284. The normalized spacial score (nSPS) is 16.7. The molecule has 1 unspecified atom stereocenters. The third-order valence-corrected chi connectivity index (χ3v) is 4.17. The molecule has 0 spiro atoms. The molecule has 3 aromatic rings. The van der Waals surface area contributed by atoms with Gasteiger partial charge in [-0.25, -0.2) is 4.79 Å². The van der Waals surface area contributed by atoms with Gasteiger partial charge in [0.25, 0.3) is 0 Å². The van der Waals surface area contributed by atoms with E-state index in [4.69, 9.17) is 9.15 Å². The Bertz CT molecular complexity index is 952. The zero-order valence-corrected chi connectivity index (χ0v) is 12.8. The molecule has 0 bridgehead atoms. The maximum Gasteiger partial charge on any atom is 0.336 e. The van der Waals surface area contributed by atoms with E-state index >= 15 is 0 Å². The molecule has 1 atom stereocenters. The van der Waals surface area contributed by atoms with E-state index in [0.29, 0.717) is 12.0 Å². The summed E-state index contributed by atoms with van der Waals surface area (Å²) < 4.78 is 11.4. The van der Waals surface area contributed by atoms with E-state index in [1.165, 1.54) is 6.07 Å². The number of hydrogen-bond acceptors (Lipinski definition) is 3. The van der Waals surface area contributed by atoms with Crippen molar-refractivity contribution >= 4 is 17.0 Å². The van der Waals surface area contributed by atoms with Gasteiger partial charge in [-0.3, -0.25) is 0 Å². The predicted octanol–water partition coefficient (Wildman–Crippen LogP) is 4.12. The molecule has 0 fully saturated rings. The fourth-order valence-corrected chi connectivity index (χ4v) is 3.02. The van der Waals surface area contributed by atoms with Crippen LogP contribution in [0.3, 0.4) is 0 Å². The Hall–Kier alpha value is -2.81. The highest BCUT2D eigenvalue weighted by atomic mass is 16.5. The highest BCUT2D eigenvalue weighted by Crippen LogP contribution is 2.35. The van der Waals surface area contributed by atoms with E-state index in [1.54, 1.807) is 0 Å². The van der Waals surface area contributed by atoms with Crippen molar-refractivity contribution in [1.29, 1.82) is 0 Å². The smallest absolute Gasteiger partial charge is 0.336 e. The van der Waals surface area contributed by atoms with Crippen LogP contribution in [0.1, 0.15) is 16.7 Å². The van der Waals surface area contributed by atoms with Crippen molar-refractivity contribution in [3.8, 4) is 5.75 Å². The van der Waals surface area contributed by atoms with E-state index in [2.05, 4.69) is 24.3 Å². The van der Waals surface area contributed by atoms with Crippen LogP contribution < -0.4 is 10.4 Å². The average Bonchev–Trinajstić information content (AvgIpc) is 2.97. The van der Waals surface area contributed by atoms with Crippen LogP contribution in [0.5, 0.6) is 5.75 Å². The minimum atomic E-state index is -0.313.